The maximum Gasteiger partial charge on any atom is 0.156 e. The van der Waals surface area contributed by atoms with Crippen LogP contribution in [0.3, 0.4) is 0 Å². The number of ether oxygens (including phenoxy) is 1. The van der Waals surface area contributed by atoms with Gasteiger partial charge in [-0.25, -0.2) is 4.98 Å². The molecule has 24 heavy (non-hydrogen) atoms. The number of nitrogens with one attached hydrogen (secondary N) is 1. The molecule has 0 aliphatic heterocycles. The molecule has 1 aromatic carbocycles. The van der Waals surface area contributed by atoms with Crippen molar-refractivity contribution in [2.45, 2.75) is 43.4 Å². The Morgan fingerprint density at radius 2 is 2.17 bits per heavy atom. The van der Waals surface area contributed by atoms with Gasteiger partial charge in [-0.15, -0.1) is 0 Å². The molecule has 2 atom stereocenters. The molecule has 1 aliphatic rings. The first-order valence-electron chi connectivity index (χ1n) is 7.90. The van der Waals surface area contributed by atoms with Gasteiger partial charge in [0.05, 0.1) is 18.8 Å². The van der Waals surface area contributed by atoms with Crippen molar-refractivity contribution < 1.29 is 4.74 Å². The van der Waals surface area contributed by atoms with Crippen LogP contribution in [-0.2, 0) is 11.3 Å². The number of thioether (sulfide) groups is 1. The van der Waals surface area contributed by atoms with E-state index in [1.807, 2.05) is 24.5 Å². The van der Waals surface area contributed by atoms with Gasteiger partial charge in [0.25, 0.3) is 0 Å². The van der Waals surface area contributed by atoms with E-state index in [-0.39, 0.29) is 17.6 Å². The molecular weight excluding hydrogens is 338 g/mol. The normalized spacial score (nSPS) is 21.8. The number of anilines is 1. The van der Waals surface area contributed by atoms with Gasteiger partial charge < -0.3 is 10.1 Å². The highest BCUT2D eigenvalue weighted by molar-refractivity contribution is 8.00. The second-order valence-corrected chi connectivity index (χ2v) is 8.69. The van der Waals surface area contributed by atoms with Crippen LogP contribution in [0, 0.1) is 16.7 Å². The summed E-state index contributed by atoms with van der Waals surface area (Å²) in [5.41, 5.74) is 1.30. The highest BCUT2D eigenvalue weighted by Crippen LogP contribution is 2.45. The molecule has 2 unspecified atom stereocenters. The van der Waals surface area contributed by atoms with E-state index < -0.39 is 0 Å². The van der Waals surface area contributed by atoms with Crippen molar-refractivity contribution in [1.82, 2.24) is 4.98 Å². The van der Waals surface area contributed by atoms with E-state index in [2.05, 4.69) is 42.4 Å². The van der Waals surface area contributed by atoms with Gasteiger partial charge in [0.15, 0.2) is 10.2 Å². The number of nitrogens with zero attached hydrogens (tertiary/aromatic N) is 2. The van der Waals surface area contributed by atoms with Gasteiger partial charge in [0, 0.05) is 0 Å². The zero-order valence-corrected chi connectivity index (χ0v) is 15.7. The van der Waals surface area contributed by atoms with Gasteiger partial charge in [-0.05, 0) is 23.7 Å². The van der Waals surface area contributed by atoms with Gasteiger partial charge in [0.2, 0.25) is 0 Å². The van der Waals surface area contributed by atoms with Crippen molar-refractivity contribution in [2.24, 2.45) is 5.41 Å². The number of rotatable bonds is 6. The molecule has 0 radical (unpaired) electrons. The van der Waals surface area contributed by atoms with Crippen molar-refractivity contribution in [3.63, 3.8) is 0 Å². The van der Waals surface area contributed by atoms with Crippen LogP contribution in [0.4, 0.5) is 5.82 Å². The maximum absolute atomic E-state index is 9.29. The van der Waals surface area contributed by atoms with Crippen LogP contribution < -0.4 is 5.32 Å². The Balaban J connectivity index is 1.67. The number of aromatic nitrogens is 1. The second-order valence-electron chi connectivity index (χ2n) is 6.63. The lowest BCUT2D eigenvalue weighted by molar-refractivity contribution is -0.110. The molecule has 0 saturated heterocycles. The van der Waals surface area contributed by atoms with Gasteiger partial charge >= 0.3 is 0 Å². The lowest BCUT2D eigenvalue weighted by atomic mass is 9.65. The summed E-state index contributed by atoms with van der Waals surface area (Å²) in [7, 11) is 0. The molecule has 1 aromatic heterocycles. The molecule has 0 bridgehead atoms. The smallest absolute Gasteiger partial charge is 0.156 e. The maximum atomic E-state index is 9.29. The predicted molar refractivity (Wildman–Crippen MR) is 99.4 cm³/mol. The summed E-state index contributed by atoms with van der Waals surface area (Å²) in [4.78, 5) is 5.16. The minimum atomic E-state index is 0.101. The van der Waals surface area contributed by atoms with Gasteiger partial charge in [-0.2, -0.15) is 5.26 Å². The third kappa shape index (κ3) is 3.59. The first kappa shape index (κ1) is 17.3. The zero-order valence-electron chi connectivity index (χ0n) is 14.1. The topological polar surface area (TPSA) is 57.9 Å². The molecule has 0 spiro atoms. The molecule has 1 aliphatic carbocycles. The fraction of sp³-hybridized carbons (Fsp3) is 0.444. The number of hydrogen-bond donors (Lipinski definition) is 1. The summed E-state index contributed by atoms with van der Waals surface area (Å²) >= 11 is 3.00. The summed E-state index contributed by atoms with van der Waals surface area (Å²) in [5, 5.41) is 12.7. The summed E-state index contributed by atoms with van der Waals surface area (Å²) in [6.07, 6.45) is 3.08. The second kappa shape index (κ2) is 7.14. The van der Waals surface area contributed by atoms with E-state index in [1.165, 1.54) is 16.9 Å². The summed E-state index contributed by atoms with van der Waals surface area (Å²) in [6.45, 7) is 5.05. The van der Waals surface area contributed by atoms with Gasteiger partial charge in [-0.1, -0.05) is 67.3 Å². The van der Waals surface area contributed by atoms with Crippen LogP contribution in [-0.4, -0.2) is 23.4 Å². The SMILES string of the molecule is CSc1nc(NC2CC(C)(C)C2OCc2ccccc2)c(C#N)s1. The Hall–Kier alpha value is -1.55. The van der Waals surface area contributed by atoms with Crippen LogP contribution in [0.25, 0.3) is 0 Å². The fourth-order valence-electron chi connectivity index (χ4n) is 3.14. The standard InChI is InChI=1S/C18H21N3OS2/c1-18(2)9-13(15(18)22-11-12-7-5-4-6-8-12)20-16-14(10-19)24-17(21-16)23-3/h4-8,13,15,20H,9,11H2,1-3H3. The van der Waals surface area contributed by atoms with Crippen molar-refractivity contribution in [2.75, 3.05) is 11.6 Å². The van der Waals surface area contributed by atoms with Crippen molar-refractivity contribution in [1.29, 1.82) is 5.26 Å². The molecule has 6 heteroatoms. The molecule has 1 saturated carbocycles. The summed E-state index contributed by atoms with van der Waals surface area (Å²) in [6, 6.07) is 12.6. The molecule has 2 aromatic rings. The van der Waals surface area contributed by atoms with Gasteiger partial charge in [0.1, 0.15) is 10.9 Å². The number of nitriles is 1. The highest BCUT2D eigenvalue weighted by atomic mass is 32.2. The van der Waals surface area contributed by atoms with Crippen LogP contribution in [0.5, 0.6) is 0 Å². The Morgan fingerprint density at radius 1 is 1.42 bits per heavy atom. The minimum absolute atomic E-state index is 0.101. The Bertz CT molecular complexity index is 736. The molecule has 1 fully saturated rings. The Morgan fingerprint density at radius 3 is 2.79 bits per heavy atom. The van der Waals surface area contributed by atoms with Crippen LogP contribution in [0.2, 0.25) is 0 Å². The van der Waals surface area contributed by atoms with E-state index in [0.717, 1.165) is 10.8 Å². The van der Waals surface area contributed by atoms with E-state index in [0.29, 0.717) is 17.3 Å². The molecule has 126 valence electrons. The van der Waals surface area contributed by atoms with E-state index in [1.54, 1.807) is 11.8 Å². The number of hydrogen-bond acceptors (Lipinski definition) is 6. The van der Waals surface area contributed by atoms with Crippen LogP contribution in [0.15, 0.2) is 34.7 Å². The van der Waals surface area contributed by atoms with Crippen LogP contribution >= 0.6 is 23.1 Å². The molecule has 3 rings (SSSR count). The van der Waals surface area contributed by atoms with E-state index in [9.17, 15) is 5.26 Å². The monoisotopic (exact) mass is 359 g/mol. The minimum Gasteiger partial charge on any atom is -0.371 e. The lowest BCUT2D eigenvalue weighted by Crippen LogP contribution is -2.57. The molecule has 1 heterocycles. The summed E-state index contributed by atoms with van der Waals surface area (Å²) in [5.74, 6) is 0.695. The van der Waals surface area contributed by atoms with E-state index in [4.69, 9.17) is 4.74 Å². The fourth-order valence-corrected chi connectivity index (χ4v) is 4.46. The first-order chi connectivity index (χ1) is 11.5. The van der Waals surface area contributed by atoms with Gasteiger partial charge in [-0.3, -0.25) is 0 Å². The number of thiazole rings is 1. The third-order valence-corrected chi connectivity index (χ3v) is 6.31. The van der Waals surface area contributed by atoms with E-state index >= 15 is 0 Å². The molecule has 4 nitrogen and oxygen atoms in total. The lowest BCUT2D eigenvalue weighted by Gasteiger charge is -2.51. The zero-order chi connectivity index (χ0) is 17.2. The largest absolute Gasteiger partial charge is 0.371 e. The molecule has 0 amide bonds. The Labute approximate surface area is 151 Å². The molecular formula is C18H21N3OS2. The van der Waals surface area contributed by atoms with Crippen LogP contribution in [0.1, 0.15) is 30.7 Å². The van der Waals surface area contributed by atoms with Crippen molar-refractivity contribution >= 4 is 28.9 Å². The Kier molecular flexibility index (Phi) is 5.14. The average Bonchev–Trinajstić information content (AvgIpc) is 2.97. The van der Waals surface area contributed by atoms with Crippen molar-refractivity contribution in [3.05, 3.63) is 40.8 Å². The first-order valence-corrected chi connectivity index (χ1v) is 9.94. The quantitative estimate of drug-likeness (QED) is 0.768. The average molecular weight is 360 g/mol. The third-order valence-electron chi connectivity index (χ3n) is 4.36. The summed E-state index contributed by atoms with van der Waals surface area (Å²) < 4.78 is 7.11. The highest BCUT2D eigenvalue weighted by Gasteiger charge is 2.48. The predicted octanol–water partition coefficient (Wildman–Crippen LogP) is 4.53. The number of benzene rings is 1. The van der Waals surface area contributed by atoms with Crippen molar-refractivity contribution in [3.8, 4) is 6.07 Å². The molecule has 1 N–H and O–H groups in total.